The molecular formula is C22H14ClF3N2O3. The number of halogens is 4. The van der Waals surface area contributed by atoms with Gasteiger partial charge in [0.15, 0.2) is 5.82 Å². The van der Waals surface area contributed by atoms with Gasteiger partial charge in [0, 0.05) is 10.7 Å². The highest BCUT2D eigenvalue weighted by Crippen LogP contribution is 2.32. The van der Waals surface area contributed by atoms with Crippen LogP contribution in [0.25, 0.3) is 16.7 Å². The number of aromatic carboxylic acids is 1. The largest absolute Gasteiger partial charge is 0.486 e. The third-order valence-electron chi connectivity index (χ3n) is 4.58. The molecule has 1 heterocycles. The maximum absolute atomic E-state index is 13.2. The third kappa shape index (κ3) is 4.34. The molecule has 0 bridgehead atoms. The molecule has 0 aliphatic heterocycles. The summed E-state index contributed by atoms with van der Waals surface area (Å²) >= 11 is 5.87. The Morgan fingerprint density at radius 3 is 2.48 bits per heavy atom. The number of aromatic nitrogens is 2. The number of carbonyl (C=O) groups is 1. The summed E-state index contributed by atoms with van der Waals surface area (Å²) in [5, 5.41) is 9.84. The number of rotatable bonds is 5. The molecule has 4 rings (SSSR count). The van der Waals surface area contributed by atoms with E-state index in [0.717, 1.165) is 12.1 Å². The van der Waals surface area contributed by atoms with Gasteiger partial charge in [0.1, 0.15) is 12.4 Å². The Hall–Kier alpha value is -3.52. The SMILES string of the molecule is O=C(O)c1cccc(-n2c(COc3ccc(Cl)cc3)nc3cc(C(F)(F)F)ccc32)c1. The van der Waals surface area contributed by atoms with Gasteiger partial charge in [0.05, 0.1) is 22.2 Å². The van der Waals surface area contributed by atoms with Crippen LogP contribution in [-0.2, 0) is 12.8 Å². The minimum atomic E-state index is -4.51. The van der Waals surface area contributed by atoms with Gasteiger partial charge in [-0.1, -0.05) is 17.7 Å². The van der Waals surface area contributed by atoms with Crippen molar-refractivity contribution in [2.24, 2.45) is 0 Å². The van der Waals surface area contributed by atoms with Crippen LogP contribution in [-0.4, -0.2) is 20.6 Å². The summed E-state index contributed by atoms with van der Waals surface area (Å²) in [4.78, 5) is 15.7. The van der Waals surface area contributed by atoms with Crippen molar-refractivity contribution in [3.8, 4) is 11.4 Å². The number of benzene rings is 3. The molecule has 0 saturated heterocycles. The molecule has 5 nitrogen and oxygen atoms in total. The number of fused-ring (bicyclic) bond motifs is 1. The Bertz CT molecular complexity index is 1270. The van der Waals surface area contributed by atoms with E-state index in [4.69, 9.17) is 16.3 Å². The molecule has 0 aliphatic carbocycles. The maximum atomic E-state index is 13.2. The van der Waals surface area contributed by atoms with Crippen LogP contribution in [0.3, 0.4) is 0 Å². The van der Waals surface area contributed by atoms with Gasteiger partial charge in [-0.05, 0) is 60.7 Å². The summed E-state index contributed by atoms with van der Waals surface area (Å²) in [6.07, 6.45) is -4.51. The predicted octanol–water partition coefficient (Wildman–Crippen LogP) is 5.97. The van der Waals surface area contributed by atoms with E-state index >= 15 is 0 Å². The first-order chi connectivity index (χ1) is 14.7. The molecule has 0 atom stereocenters. The Morgan fingerprint density at radius 2 is 1.81 bits per heavy atom. The molecule has 4 aromatic rings. The van der Waals surface area contributed by atoms with E-state index in [-0.39, 0.29) is 17.7 Å². The summed E-state index contributed by atoms with van der Waals surface area (Å²) in [6, 6.07) is 15.9. The average Bonchev–Trinajstić information content (AvgIpc) is 3.10. The average molecular weight is 447 g/mol. The lowest BCUT2D eigenvalue weighted by molar-refractivity contribution is -0.137. The molecule has 0 radical (unpaired) electrons. The zero-order chi connectivity index (χ0) is 22.2. The van der Waals surface area contributed by atoms with Gasteiger partial charge in [-0.3, -0.25) is 4.57 Å². The molecule has 3 aromatic carbocycles. The molecule has 0 unspecified atom stereocenters. The summed E-state index contributed by atoms with van der Waals surface area (Å²) < 4.78 is 46.8. The summed E-state index contributed by atoms with van der Waals surface area (Å²) in [6.45, 7) is -0.0606. The fourth-order valence-electron chi connectivity index (χ4n) is 3.15. The number of carboxylic acids is 1. The van der Waals surface area contributed by atoms with Gasteiger partial charge in [-0.25, -0.2) is 9.78 Å². The monoisotopic (exact) mass is 446 g/mol. The molecule has 0 aliphatic rings. The molecule has 0 spiro atoms. The quantitative estimate of drug-likeness (QED) is 0.410. The van der Waals surface area contributed by atoms with E-state index in [1.807, 2.05) is 0 Å². The Morgan fingerprint density at radius 1 is 1.06 bits per heavy atom. The lowest BCUT2D eigenvalue weighted by atomic mass is 10.1. The van der Waals surface area contributed by atoms with E-state index in [9.17, 15) is 23.1 Å². The van der Waals surface area contributed by atoms with Crippen LogP contribution in [0, 0.1) is 0 Å². The lowest BCUT2D eigenvalue weighted by Gasteiger charge is -2.12. The van der Waals surface area contributed by atoms with Crippen LogP contribution in [0.5, 0.6) is 5.75 Å². The van der Waals surface area contributed by atoms with Crippen molar-refractivity contribution in [2.75, 3.05) is 0 Å². The van der Waals surface area contributed by atoms with Crippen LogP contribution in [0.2, 0.25) is 5.02 Å². The summed E-state index contributed by atoms with van der Waals surface area (Å²) in [5.41, 5.74) is 0.164. The first-order valence-corrected chi connectivity index (χ1v) is 9.41. The second-order valence-corrected chi connectivity index (χ2v) is 7.10. The maximum Gasteiger partial charge on any atom is 0.416 e. The van der Waals surface area contributed by atoms with Crippen molar-refractivity contribution < 1.29 is 27.8 Å². The first kappa shape index (κ1) is 20.7. The Kier molecular flexibility index (Phi) is 5.32. The molecular weight excluding hydrogens is 433 g/mol. The Balaban J connectivity index is 1.82. The molecule has 158 valence electrons. The highest BCUT2D eigenvalue weighted by Gasteiger charge is 2.31. The highest BCUT2D eigenvalue weighted by molar-refractivity contribution is 6.30. The van der Waals surface area contributed by atoms with Crippen molar-refractivity contribution in [1.29, 1.82) is 0 Å². The zero-order valence-corrected chi connectivity index (χ0v) is 16.5. The highest BCUT2D eigenvalue weighted by atomic mass is 35.5. The molecule has 1 aromatic heterocycles. The molecule has 1 N–H and O–H groups in total. The van der Waals surface area contributed by atoms with E-state index in [1.54, 1.807) is 41.0 Å². The van der Waals surface area contributed by atoms with Crippen LogP contribution in [0.15, 0.2) is 66.7 Å². The van der Waals surface area contributed by atoms with Crippen molar-refractivity contribution in [3.05, 3.63) is 88.7 Å². The minimum absolute atomic E-state index is 0.0378. The number of imidazole rings is 1. The van der Waals surface area contributed by atoms with Crippen LogP contribution >= 0.6 is 11.6 Å². The normalized spacial score (nSPS) is 11.6. The number of hydrogen-bond acceptors (Lipinski definition) is 3. The molecule has 0 saturated carbocycles. The second kappa shape index (κ2) is 7.96. The van der Waals surface area contributed by atoms with Gasteiger partial charge in [0.2, 0.25) is 0 Å². The molecule has 31 heavy (non-hydrogen) atoms. The third-order valence-corrected chi connectivity index (χ3v) is 4.84. The van der Waals surface area contributed by atoms with E-state index in [2.05, 4.69) is 4.98 Å². The fraction of sp³-hybridized carbons (Fsp3) is 0.0909. The van der Waals surface area contributed by atoms with Gasteiger partial charge >= 0.3 is 12.1 Å². The fourth-order valence-corrected chi connectivity index (χ4v) is 3.27. The number of alkyl halides is 3. The van der Waals surface area contributed by atoms with Gasteiger partial charge in [0.25, 0.3) is 0 Å². The zero-order valence-electron chi connectivity index (χ0n) is 15.7. The summed E-state index contributed by atoms with van der Waals surface area (Å²) in [7, 11) is 0. The number of hydrogen-bond donors (Lipinski definition) is 1. The van der Waals surface area contributed by atoms with Crippen LogP contribution < -0.4 is 4.74 Å². The Labute approximate surface area is 179 Å². The van der Waals surface area contributed by atoms with Gasteiger partial charge < -0.3 is 9.84 Å². The van der Waals surface area contributed by atoms with Crippen molar-refractivity contribution in [1.82, 2.24) is 9.55 Å². The van der Waals surface area contributed by atoms with Crippen LogP contribution in [0.1, 0.15) is 21.7 Å². The molecule has 0 fully saturated rings. The van der Waals surface area contributed by atoms with E-state index in [0.29, 0.717) is 27.8 Å². The first-order valence-electron chi connectivity index (χ1n) is 9.03. The number of ether oxygens (including phenoxy) is 1. The summed E-state index contributed by atoms with van der Waals surface area (Å²) in [5.74, 6) is -0.310. The lowest BCUT2D eigenvalue weighted by Crippen LogP contribution is -2.07. The molecule has 9 heteroatoms. The number of nitrogens with zero attached hydrogens (tertiary/aromatic N) is 2. The predicted molar refractivity (Wildman–Crippen MR) is 109 cm³/mol. The van der Waals surface area contributed by atoms with Gasteiger partial charge in [-0.15, -0.1) is 0 Å². The van der Waals surface area contributed by atoms with E-state index in [1.165, 1.54) is 18.2 Å². The van der Waals surface area contributed by atoms with Crippen molar-refractivity contribution in [3.63, 3.8) is 0 Å². The topological polar surface area (TPSA) is 64.3 Å². The van der Waals surface area contributed by atoms with Crippen molar-refractivity contribution >= 4 is 28.6 Å². The molecule has 0 amide bonds. The van der Waals surface area contributed by atoms with E-state index < -0.39 is 17.7 Å². The second-order valence-electron chi connectivity index (χ2n) is 6.66. The smallest absolute Gasteiger partial charge is 0.416 e. The van der Waals surface area contributed by atoms with Crippen molar-refractivity contribution in [2.45, 2.75) is 12.8 Å². The standard InChI is InChI=1S/C22H14ClF3N2O3/c23-15-5-7-17(8-6-15)31-12-20-27-18-11-14(22(24,25)26)4-9-19(18)28(20)16-3-1-2-13(10-16)21(29)30/h1-11H,12H2,(H,29,30). The van der Waals surface area contributed by atoms with Crippen LogP contribution in [0.4, 0.5) is 13.2 Å². The minimum Gasteiger partial charge on any atom is -0.486 e. The van der Waals surface area contributed by atoms with Gasteiger partial charge in [-0.2, -0.15) is 13.2 Å². The number of carboxylic acid groups (broad SMARTS) is 1.